The maximum absolute atomic E-state index is 4.64. The Kier molecular flexibility index (Phi) is 3.80. The molecular weight excluding hydrogens is 260 g/mol. The summed E-state index contributed by atoms with van der Waals surface area (Å²) >= 11 is 0. The Labute approximate surface area is 125 Å². The van der Waals surface area contributed by atoms with Gasteiger partial charge in [-0.25, -0.2) is 4.98 Å². The van der Waals surface area contributed by atoms with Gasteiger partial charge in [-0.05, 0) is 45.2 Å². The molecule has 0 amide bonds. The van der Waals surface area contributed by atoms with Crippen LogP contribution in [0.3, 0.4) is 0 Å². The van der Waals surface area contributed by atoms with E-state index in [2.05, 4.69) is 64.7 Å². The van der Waals surface area contributed by atoms with E-state index in [4.69, 9.17) is 0 Å². The smallest absolute Gasteiger partial charge is 0.121 e. The predicted molar refractivity (Wildman–Crippen MR) is 86.1 cm³/mol. The lowest BCUT2D eigenvalue weighted by Crippen LogP contribution is -2.20. The van der Waals surface area contributed by atoms with E-state index in [1.165, 1.54) is 5.69 Å². The first-order valence-electron chi connectivity index (χ1n) is 7.41. The van der Waals surface area contributed by atoms with Gasteiger partial charge in [-0.1, -0.05) is 12.1 Å². The summed E-state index contributed by atoms with van der Waals surface area (Å²) in [6.07, 6.45) is 2.15. The van der Waals surface area contributed by atoms with Gasteiger partial charge in [0.25, 0.3) is 0 Å². The molecule has 0 saturated heterocycles. The molecule has 0 atom stereocenters. The van der Waals surface area contributed by atoms with Crippen molar-refractivity contribution < 1.29 is 0 Å². The normalized spacial score (nSPS) is 11.9. The molecule has 110 valence electrons. The van der Waals surface area contributed by atoms with Gasteiger partial charge in [0.1, 0.15) is 5.82 Å². The molecule has 0 unspecified atom stereocenters. The van der Waals surface area contributed by atoms with Crippen molar-refractivity contribution in [2.45, 2.75) is 33.0 Å². The molecule has 4 heteroatoms. The number of aromatic nitrogens is 3. The molecule has 0 aliphatic rings. The maximum Gasteiger partial charge on any atom is 0.121 e. The highest BCUT2D eigenvalue weighted by molar-refractivity contribution is 5.74. The van der Waals surface area contributed by atoms with E-state index in [0.717, 1.165) is 29.9 Å². The molecule has 0 fully saturated rings. The second-order valence-corrected chi connectivity index (χ2v) is 5.87. The van der Waals surface area contributed by atoms with E-state index < -0.39 is 0 Å². The average Bonchev–Trinajstić information content (AvgIpc) is 3.03. The van der Waals surface area contributed by atoms with Crippen LogP contribution in [0.1, 0.15) is 31.4 Å². The summed E-state index contributed by atoms with van der Waals surface area (Å²) < 4.78 is 2.31. The Morgan fingerprint density at radius 3 is 2.71 bits per heavy atom. The van der Waals surface area contributed by atoms with Crippen molar-refractivity contribution >= 4 is 11.0 Å². The van der Waals surface area contributed by atoms with E-state index >= 15 is 0 Å². The van der Waals surface area contributed by atoms with Crippen molar-refractivity contribution in [2.75, 3.05) is 7.05 Å². The number of aromatic amines is 1. The van der Waals surface area contributed by atoms with Crippen LogP contribution in [0.5, 0.6) is 0 Å². The summed E-state index contributed by atoms with van der Waals surface area (Å²) in [5, 5.41) is 0. The number of nitrogens with one attached hydrogen (secondary N) is 1. The molecule has 0 aliphatic heterocycles. The number of rotatable bonds is 5. The summed E-state index contributed by atoms with van der Waals surface area (Å²) in [4.78, 5) is 10.3. The van der Waals surface area contributed by atoms with Crippen LogP contribution in [0.4, 0.5) is 0 Å². The van der Waals surface area contributed by atoms with E-state index in [0.29, 0.717) is 6.04 Å². The minimum Gasteiger partial charge on any atom is -0.348 e. The highest BCUT2D eigenvalue weighted by Gasteiger charge is 2.09. The number of hydrogen-bond donors (Lipinski definition) is 1. The van der Waals surface area contributed by atoms with E-state index in [9.17, 15) is 0 Å². The molecule has 2 heterocycles. The lowest BCUT2D eigenvalue weighted by Gasteiger charge is -2.19. The van der Waals surface area contributed by atoms with E-state index in [1.54, 1.807) is 0 Å². The maximum atomic E-state index is 4.64. The summed E-state index contributed by atoms with van der Waals surface area (Å²) in [7, 11) is 2.13. The quantitative estimate of drug-likeness (QED) is 0.776. The zero-order valence-corrected chi connectivity index (χ0v) is 12.9. The third-order valence-electron chi connectivity index (χ3n) is 3.71. The zero-order chi connectivity index (χ0) is 14.8. The van der Waals surface area contributed by atoms with Crippen molar-refractivity contribution in [3.63, 3.8) is 0 Å². The lowest BCUT2D eigenvalue weighted by molar-refractivity contribution is 0.300. The number of nitrogens with zero attached hydrogens (tertiary/aromatic N) is 3. The fraction of sp³-hybridized carbons (Fsp3) is 0.353. The fourth-order valence-electron chi connectivity index (χ4n) is 2.74. The third-order valence-corrected chi connectivity index (χ3v) is 3.71. The van der Waals surface area contributed by atoms with Gasteiger partial charge in [-0.3, -0.25) is 4.90 Å². The highest BCUT2D eigenvalue weighted by Crippen LogP contribution is 2.15. The van der Waals surface area contributed by atoms with Crippen LogP contribution in [0.2, 0.25) is 0 Å². The molecule has 0 radical (unpaired) electrons. The number of fused-ring (bicyclic) bond motifs is 1. The molecule has 1 N–H and O–H groups in total. The largest absolute Gasteiger partial charge is 0.348 e. The first-order chi connectivity index (χ1) is 10.1. The number of imidazole rings is 1. The lowest BCUT2D eigenvalue weighted by atomic mass is 10.3. The first kappa shape index (κ1) is 13.9. The second kappa shape index (κ2) is 5.74. The van der Waals surface area contributed by atoms with Crippen LogP contribution >= 0.6 is 0 Å². The molecule has 2 aromatic heterocycles. The Bertz CT molecular complexity index is 690. The van der Waals surface area contributed by atoms with Crippen LogP contribution in [0.25, 0.3) is 11.0 Å². The molecule has 0 spiro atoms. The fourth-order valence-corrected chi connectivity index (χ4v) is 2.74. The van der Waals surface area contributed by atoms with Crippen molar-refractivity contribution in [1.29, 1.82) is 0 Å². The van der Waals surface area contributed by atoms with Crippen LogP contribution in [-0.4, -0.2) is 26.5 Å². The van der Waals surface area contributed by atoms with Crippen LogP contribution < -0.4 is 0 Å². The van der Waals surface area contributed by atoms with E-state index in [1.807, 2.05) is 18.2 Å². The number of hydrogen-bond acceptors (Lipinski definition) is 2. The number of benzene rings is 1. The SMILES string of the molecule is CC(C)n1cccc1CN(C)Cc1nc2ccccc2[nH]1. The standard InChI is InChI=1S/C17H22N4/c1-13(2)21-10-6-7-14(21)11-20(3)12-17-18-15-8-4-5-9-16(15)19-17/h4-10,13H,11-12H2,1-3H3,(H,18,19). The van der Waals surface area contributed by atoms with Gasteiger partial charge >= 0.3 is 0 Å². The Hall–Kier alpha value is -2.07. The van der Waals surface area contributed by atoms with Gasteiger partial charge < -0.3 is 9.55 Å². The molecule has 3 rings (SSSR count). The Balaban J connectivity index is 1.71. The van der Waals surface area contributed by atoms with Gasteiger partial charge in [0.05, 0.1) is 17.6 Å². The van der Waals surface area contributed by atoms with Crippen molar-refractivity contribution in [1.82, 2.24) is 19.4 Å². The molecule has 0 aliphatic carbocycles. The number of para-hydroxylation sites is 2. The van der Waals surface area contributed by atoms with Gasteiger partial charge in [-0.2, -0.15) is 0 Å². The van der Waals surface area contributed by atoms with Crippen molar-refractivity contribution in [2.24, 2.45) is 0 Å². The Morgan fingerprint density at radius 1 is 1.14 bits per heavy atom. The molecule has 4 nitrogen and oxygen atoms in total. The molecular formula is C17H22N4. The van der Waals surface area contributed by atoms with Crippen molar-refractivity contribution in [3.8, 4) is 0 Å². The van der Waals surface area contributed by atoms with Crippen LogP contribution in [0.15, 0.2) is 42.6 Å². The summed E-state index contributed by atoms with van der Waals surface area (Å²) in [5.41, 5.74) is 3.47. The summed E-state index contributed by atoms with van der Waals surface area (Å²) in [6.45, 7) is 6.16. The monoisotopic (exact) mass is 282 g/mol. The molecule has 21 heavy (non-hydrogen) atoms. The highest BCUT2D eigenvalue weighted by atomic mass is 15.1. The predicted octanol–water partition coefficient (Wildman–Crippen LogP) is 3.58. The zero-order valence-electron chi connectivity index (χ0n) is 12.9. The van der Waals surface area contributed by atoms with Gasteiger partial charge in [0.2, 0.25) is 0 Å². The van der Waals surface area contributed by atoms with Gasteiger partial charge in [0, 0.05) is 24.5 Å². The van der Waals surface area contributed by atoms with Crippen LogP contribution in [-0.2, 0) is 13.1 Å². The molecule has 3 aromatic rings. The third kappa shape index (κ3) is 3.00. The first-order valence-corrected chi connectivity index (χ1v) is 7.41. The van der Waals surface area contributed by atoms with Gasteiger partial charge in [-0.15, -0.1) is 0 Å². The minimum atomic E-state index is 0.495. The molecule has 0 bridgehead atoms. The minimum absolute atomic E-state index is 0.495. The Morgan fingerprint density at radius 2 is 1.95 bits per heavy atom. The van der Waals surface area contributed by atoms with Crippen molar-refractivity contribution in [3.05, 3.63) is 54.1 Å². The van der Waals surface area contributed by atoms with Crippen LogP contribution in [0, 0.1) is 0 Å². The summed E-state index contributed by atoms with van der Waals surface area (Å²) in [6, 6.07) is 13.0. The van der Waals surface area contributed by atoms with E-state index in [-0.39, 0.29) is 0 Å². The summed E-state index contributed by atoms with van der Waals surface area (Å²) in [5.74, 6) is 1.02. The van der Waals surface area contributed by atoms with Gasteiger partial charge in [0.15, 0.2) is 0 Å². The second-order valence-electron chi connectivity index (χ2n) is 5.87. The molecule has 1 aromatic carbocycles. The number of H-pyrrole nitrogens is 1. The molecule has 0 saturated carbocycles. The average molecular weight is 282 g/mol. The topological polar surface area (TPSA) is 36.9 Å².